The number of hydrogen-bond donors (Lipinski definition) is 2. The fourth-order valence-corrected chi connectivity index (χ4v) is 3.71. The van der Waals surface area contributed by atoms with E-state index in [2.05, 4.69) is 9.36 Å². The molecule has 2 unspecified atom stereocenters. The number of rotatable bonds is 3. The predicted octanol–water partition coefficient (Wildman–Crippen LogP) is 0.365. The fourth-order valence-electron chi connectivity index (χ4n) is 1.71. The van der Waals surface area contributed by atoms with E-state index in [0.29, 0.717) is 18.1 Å². The minimum atomic E-state index is -0.817. The molecule has 0 aromatic carbocycles. The average molecular weight is 244 g/mol. The van der Waals surface area contributed by atoms with Crippen LogP contribution in [0.15, 0.2) is 10.7 Å². The summed E-state index contributed by atoms with van der Waals surface area (Å²) in [6, 6.07) is 0. The Bertz CT molecular complexity index is 356. The molecule has 1 aromatic heterocycles. The summed E-state index contributed by atoms with van der Waals surface area (Å²) in [5, 5.41) is 0.329. The molecule has 2 rings (SSSR count). The van der Waals surface area contributed by atoms with Crippen molar-refractivity contribution in [1.29, 1.82) is 0 Å². The molecule has 82 valence electrons. The van der Waals surface area contributed by atoms with E-state index in [9.17, 15) is 4.79 Å². The summed E-state index contributed by atoms with van der Waals surface area (Å²) in [6.07, 6.45) is 3.74. The number of carbonyl (C=O) groups is 1. The summed E-state index contributed by atoms with van der Waals surface area (Å²) < 4.78 is 4.85. The van der Waals surface area contributed by atoms with Gasteiger partial charge in [0, 0.05) is 5.25 Å². The minimum Gasteiger partial charge on any atom is -0.368 e. The Morgan fingerprint density at radius 1 is 1.73 bits per heavy atom. The number of hydrogen-bond acceptors (Lipinski definition) is 6. The number of nitrogens with zero attached hydrogens (tertiary/aromatic N) is 2. The predicted molar refractivity (Wildman–Crippen MR) is 59.5 cm³/mol. The van der Waals surface area contributed by atoms with E-state index < -0.39 is 11.4 Å². The Balaban J connectivity index is 1.96. The van der Waals surface area contributed by atoms with Crippen LogP contribution in [0.25, 0.3) is 0 Å². The normalized spacial score (nSPS) is 30.6. The second-order valence-electron chi connectivity index (χ2n) is 3.71. The number of thioether (sulfide) groups is 1. The zero-order valence-electron chi connectivity index (χ0n) is 8.05. The molecular weight excluding hydrogens is 232 g/mol. The van der Waals surface area contributed by atoms with Gasteiger partial charge in [0.25, 0.3) is 0 Å². The molecule has 1 aliphatic rings. The Morgan fingerprint density at radius 2 is 2.53 bits per heavy atom. The Labute approximate surface area is 95.8 Å². The third-order valence-corrected chi connectivity index (χ3v) is 4.62. The molecule has 0 saturated heterocycles. The SMILES string of the molecule is NC(=O)C1(N)CCC(Sc2ncns2)C1. The highest BCUT2D eigenvalue weighted by Crippen LogP contribution is 2.39. The fraction of sp³-hybridized carbons (Fsp3) is 0.625. The van der Waals surface area contributed by atoms with E-state index in [0.717, 1.165) is 10.8 Å². The zero-order chi connectivity index (χ0) is 10.9. The van der Waals surface area contributed by atoms with Gasteiger partial charge in [-0.3, -0.25) is 4.79 Å². The van der Waals surface area contributed by atoms with Crippen molar-refractivity contribution in [1.82, 2.24) is 9.36 Å². The van der Waals surface area contributed by atoms with Crippen LogP contribution in [0.3, 0.4) is 0 Å². The van der Waals surface area contributed by atoms with Crippen LogP contribution in [0.4, 0.5) is 0 Å². The lowest BCUT2D eigenvalue weighted by Crippen LogP contribution is -2.50. The van der Waals surface area contributed by atoms with E-state index in [1.165, 1.54) is 17.9 Å². The Morgan fingerprint density at radius 3 is 3.07 bits per heavy atom. The standard InChI is InChI=1S/C8H12N4OS2/c9-6(13)8(10)2-1-5(3-8)14-7-11-4-12-15-7/h4-5H,1-3,10H2,(H2,9,13). The average Bonchev–Trinajstić information content (AvgIpc) is 2.77. The number of carbonyl (C=O) groups excluding carboxylic acids is 1. The highest BCUT2D eigenvalue weighted by molar-refractivity contribution is 8.01. The summed E-state index contributed by atoms with van der Waals surface area (Å²) >= 11 is 3.00. The van der Waals surface area contributed by atoms with Gasteiger partial charge in [-0.15, -0.1) is 0 Å². The van der Waals surface area contributed by atoms with Crippen LogP contribution < -0.4 is 11.5 Å². The molecule has 1 aromatic rings. The molecule has 1 amide bonds. The van der Waals surface area contributed by atoms with Crippen molar-refractivity contribution in [3.8, 4) is 0 Å². The molecule has 1 fully saturated rings. The first-order chi connectivity index (χ1) is 7.10. The van der Waals surface area contributed by atoms with Crippen molar-refractivity contribution in [2.45, 2.75) is 34.4 Å². The molecule has 15 heavy (non-hydrogen) atoms. The van der Waals surface area contributed by atoms with Gasteiger partial charge in [-0.1, -0.05) is 11.8 Å². The first kappa shape index (κ1) is 10.8. The monoisotopic (exact) mass is 244 g/mol. The highest BCUT2D eigenvalue weighted by atomic mass is 32.2. The molecule has 1 aliphatic carbocycles. The summed E-state index contributed by atoms with van der Waals surface area (Å²) in [6.45, 7) is 0. The van der Waals surface area contributed by atoms with Crippen molar-refractivity contribution in [2.75, 3.05) is 0 Å². The van der Waals surface area contributed by atoms with Crippen molar-refractivity contribution in [3.63, 3.8) is 0 Å². The number of nitrogens with two attached hydrogens (primary N) is 2. The van der Waals surface area contributed by atoms with E-state index in [-0.39, 0.29) is 0 Å². The van der Waals surface area contributed by atoms with Crippen LogP contribution in [-0.2, 0) is 4.79 Å². The molecule has 1 saturated carbocycles. The zero-order valence-corrected chi connectivity index (χ0v) is 9.68. The minimum absolute atomic E-state index is 0.329. The highest BCUT2D eigenvalue weighted by Gasteiger charge is 2.41. The van der Waals surface area contributed by atoms with Crippen LogP contribution in [0, 0.1) is 0 Å². The van der Waals surface area contributed by atoms with Gasteiger partial charge in [0.2, 0.25) is 5.91 Å². The van der Waals surface area contributed by atoms with Gasteiger partial charge < -0.3 is 11.5 Å². The van der Waals surface area contributed by atoms with Gasteiger partial charge in [-0.2, -0.15) is 4.37 Å². The maximum atomic E-state index is 11.1. The van der Waals surface area contributed by atoms with Crippen LogP contribution >= 0.6 is 23.3 Å². The second-order valence-corrected chi connectivity index (χ2v) is 6.04. The van der Waals surface area contributed by atoms with Crippen molar-refractivity contribution >= 4 is 29.2 Å². The first-order valence-electron chi connectivity index (χ1n) is 4.62. The summed E-state index contributed by atoms with van der Waals surface area (Å²) in [7, 11) is 0. The molecular formula is C8H12N4OS2. The van der Waals surface area contributed by atoms with Gasteiger partial charge in [0.1, 0.15) is 6.33 Å². The van der Waals surface area contributed by atoms with E-state index in [1.54, 1.807) is 11.8 Å². The third kappa shape index (κ3) is 2.30. The Kier molecular flexibility index (Phi) is 2.94. The summed E-state index contributed by atoms with van der Waals surface area (Å²) in [5.41, 5.74) is 10.4. The van der Waals surface area contributed by atoms with E-state index in [1.807, 2.05) is 0 Å². The molecule has 2 atom stereocenters. The second kappa shape index (κ2) is 4.07. The van der Waals surface area contributed by atoms with Crippen LogP contribution in [0.1, 0.15) is 19.3 Å². The molecule has 5 nitrogen and oxygen atoms in total. The smallest absolute Gasteiger partial charge is 0.237 e. The van der Waals surface area contributed by atoms with Gasteiger partial charge in [0.15, 0.2) is 4.34 Å². The number of primary amides is 1. The molecule has 4 N–H and O–H groups in total. The van der Waals surface area contributed by atoms with Crippen LogP contribution in [0.2, 0.25) is 0 Å². The van der Waals surface area contributed by atoms with Crippen molar-refractivity contribution < 1.29 is 4.79 Å². The quantitative estimate of drug-likeness (QED) is 0.800. The molecule has 1 heterocycles. The van der Waals surface area contributed by atoms with Gasteiger partial charge in [-0.25, -0.2) is 4.98 Å². The van der Waals surface area contributed by atoms with Crippen molar-refractivity contribution in [2.24, 2.45) is 11.5 Å². The maximum absolute atomic E-state index is 11.1. The third-order valence-electron chi connectivity index (χ3n) is 2.60. The Hall–Kier alpha value is -0.660. The van der Waals surface area contributed by atoms with E-state index in [4.69, 9.17) is 11.5 Å². The molecule has 0 bridgehead atoms. The largest absolute Gasteiger partial charge is 0.368 e. The first-order valence-corrected chi connectivity index (χ1v) is 6.27. The van der Waals surface area contributed by atoms with Gasteiger partial charge >= 0.3 is 0 Å². The lowest BCUT2D eigenvalue weighted by molar-refractivity contribution is -0.122. The summed E-state index contributed by atoms with van der Waals surface area (Å²) in [4.78, 5) is 15.2. The molecule has 0 spiro atoms. The van der Waals surface area contributed by atoms with Crippen LogP contribution in [0.5, 0.6) is 0 Å². The topological polar surface area (TPSA) is 94.9 Å². The lowest BCUT2D eigenvalue weighted by atomic mass is 9.99. The number of aromatic nitrogens is 2. The molecule has 0 aliphatic heterocycles. The maximum Gasteiger partial charge on any atom is 0.237 e. The van der Waals surface area contributed by atoms with Gasteiger partial charge in [0.05, 0.1) is 5.54 Å². The van der Waals surface area contributed by atoms with Crippen LogP contribution in [-0.4, -0.2) is 26.1 Å². The molecule has 7 heteroatoms. The number of amides is 1. The molecule has 0 radical (unpaired) electrons. The summed E-state index contributed by atoms with van der Waals surface area (Å²) in [5.74, 6) is -0.400. The van der Waals surface area contributed by atoms with E-state index >= 15 is 0 Å². The van der Waals surface area contributed by atoms with Gasteiger partial charge in [-0.05, 0) is 30.8 Å². The lowest BCUT2D eigenvalue weighted by Gasteiger charge is -2.18. The van der Waals surface area contributed by atoms with Crippen molar-refractivity contribution in [3.05, 3.63) is 6.33 Å².